The van der Waals surface area contributed by atoms with Gasteiger partial charge in [-0.3, -0.25) is 0 Å². The van der Waals surface area contributed by atoms with Gasteiger partial charge >= 0.3 is 43.4 Å². The van der Waals surface area contributed by atoms with Crippen molar-refractivity contribution < 1.29 is 68.2 Å². The Morgan fingerprint density at radius 3 is 0.726 bits per heavy atom. The van der Waals surface area contributed by atoms with Gasteiger partial charge in [-0.05, 0) is 122 Å². The summed E-state index contributed by atoms with van der Waals surface area (Å²) in [5.41, 5.74) is 4.07. The van der Waals surface area contributed by atoms with Gasteiger partial charge in [0.25, 0.3) is 0 Å². The van der Waals surface area contributed by atoms with Crippen LogP contribution in [0.4, 0.5) is 0 Å². The minimum Gasteiger partial charge on any atom is -1.00 e. The summed E-state index contributed by atoms with van der Waals surface area (Å²) in [5, 5.41) is 18.2. The molecule has 0 unspecified atom stereocenters. The molecule has 8 aromatic carbocycles. The molecule has 0 heterocycles. The summed E-state index contributed by atoms with van der Waals surface area (Å²) in [6.45, 7) is 18.8. The van der Waals surface area contributed by atoms with E-state index < -0.39 is 0 Å². The first-order valence-electron chi connectivity index (χ1n) is 32.6. The third kappa shape index (κ3) is 21.6. The first-order chi connectivity index (χ1) is 38.9. The molecule has 0 aliphatic heterocycles. The fourth-order valence-corrected chi connectivity index (χ4v) is 28.1. The van der Waals surface area contributed by atoms with E-state index in [4.69, 9.17) is 0 Å². The van der Waals surface area contributed by atoms with E-state index in [-0.39, 0.29) is 99.9 Å². The van der Waals surface area contributed by atoms with Gasteiger partial charge in [-0.15, -0.1) is 161 Å². The van der Waals surface area contributed by atoms with E-state index in [2.05, 4.69) is 201 Å². The molecule has 8 aromatic rings. The topological polar surface area (TPSA) is 0 Å². The average molecular weight is 1310 g/mol. The van der Waals surface area contributed by atoms with Gasteiger partial charge in [0.05, 0.1) is 0 Å². The maximum absolute atomic E-state index is 2.55. The summed E-state index contributed by atoms with van der Waals surface area (Å²) >= 11 is 0. The fourth-order valence-electron chi connectivity index (χ4n) is 14.4. The van der Waals surface area contributed by atoms with Crippen molar-refractivity contribution in [3.05, 3.63) is 146 Å². The zero-order valence-corrected chi connectivity index (χ0v) is 61.2. The summed E-state index contributed by atoms with van der Waals surface area (Å²) in [5.74, 6) is 3.20. The fraction of sp³-hybridized carbons (Fsp3) is 0.526. The van der Waals surface area contributed by atoms with Crippen LogP contribution in [0.3, 0.4) is 0 Å². The SMILES string of the molecule is CC(C)CP(CC(C)C)c1cc2ccccc2[cH-]1.CC(C)CP(CC(C)C)c1cc2ccccc2[cH-]1.[Cl-].[Cl-].[Ti+2].[Ti+2].c1ccc2[cH-]c(P(C3CCCCC3)C3CCCCC3)cc2c1.c1ccc2[cH-]c(P(C3CCCCC3)C3CCCCC3)cc2c1. The van der Waals surface area contributed by atoms with Crippen molar-refractivity contribution in [1.29, 1.82) is 0 Å². The molecule has 0 saturated heterocycles. The zero-order chi connectivity index (χ0) is 55.8. The third-order valence-corrected chi connectivity index (χ3v) is 31.5. The summed E-state index contributed by atoms with van der Waals surface area (Å²) in [7, 11) is 0.159. The Morgan fingerprint density at radius 2 is 0.512 bits per heavy atom. The number of benzene rings is 4. The summed E-state index contributed by atoms with van der Waals surface area (Å²) in [6.07, 6.45) is 35.3. The van der Waals surface area contributed by atoms with Crippen molar-refractivity contribution in [3.8, 4) is 0 Å². The number of rotatable bonds is 16. The maximum Gasteiger partial charge on any atom is 2.00 e. The molecular formula is C76H104Cl2P4Ti2-2. The van der Waals surface area contributed by atoms with Crippen molar-refractivity contribution in [2.75, 3.05) is 24.6 Å². The van der Waals surface area contributed by atoms with Crippen LogP contribution in [0.25, 0.3) is 43.1 Å². The van der Waals surface area contributed by atoms with Crippen molar-refractivity contribution in [2.24, 2.45) is 23.7 Å². The van der Waals surface area contributed by atoms with Crippen molar-refractivity contribution in [1.82, 2.24) is 0 Å². The minimum absolute atomic E-state index is 0. The zero-order valence-electron chi connectivity index (χ0n) is 53.0. The Kier molecular flexibility index (Phi) is 33.4. The number of hydrogen-bond donors (Lipinski definition) is 0. The van der Waals surface area contributed by atoms with Gasteiger partial charge in [0, 0.05) is 0 Å². The van der Waals surface area contributed by atoms with Gasteiger partial charge in [-0.25, -0.2) is 0 Å². The molecule has 4 aliphatic carbocycles. The molecule has 0 amide bonds. The number of hydrogen-bond acceptors (Lipinski definition) is 0. The number of fused-ring (bicyclic) bond motifs is 4. The van der Waals surface area contributed by atoms with E-state index in [9.17, 15) is 0 Å². The molecule has 0 radical (unpaired) electrons. The van der Waals surface area contributed by atoms with Crippen LogP contribution in [0.15, 0.2) is 146 Å². The molecule has 12 rings (SSSR count). The maximum atomic E-state index is 2.55. The number of halogens is 2. The van der Waals surface area contributed by atoms with Gasteiger partial charge in [-0.1, -0.05) is 188 Å². The minimum atomic E-state index is 0. The van der Waals surface area contributed by atoms with Crippen LogP contribution in [-0.4, -0.2) is 47.3 Å². The van der Waals surface area contributed by atoms with Gasteiger partial charge in [-0.2, -0.15) is 24.3 Å². The molecule has 0 spiro atoms. The molecular weight excluding hydrogens is 1200 g/mol. The molecule has 0 N–H and O–H groups in total. The molecule has 0 atom stereocenters. The van der Waals surface area contributed by atoms with Crippen LogP contribution in [0.1, 0.15) is 184 Å². The predicted molar refractivity (Wildman–Crippen MR) is 371 cm³/mol. The second-order valence-corrected chi connectivity index (χ2v) is 37.0. The molecule has 0 bridgehead atoms. The molecule has 452 valence electrons. The molecule has 84 heavy (non-hydrogen) atoms. The average Bonchev–Trinajstić information content (AvgIpc) is 4.31. The summed E-state index contributed by atoms with van der Waals surface area (Å²) in [4.78, 5) is 0. The standard InChI is InChI=1S/2C21H28P.2C17H24P.2ClH.2Ti/c2*1-3-11-19(12-4-1)22(20-13-5-2-6-14-20)21-15-17-9-7-8-10-18(17)16-21;2*1-13(2)11-18(12-14(3)4)17-9-15-7-5-6-8-16(15)10-17;;;;/h2*7-10,15-16,19-20H,1-6,11-14H2;2*5-10,13-14H,11-12H2,1-4H3;2*1H;;/q4*-1;;;2*+2/p-2. The van der Waals surface area contributed by atoms with Crippen molar-refractivity contribution >= 4 is 96.0 Å². The smallest absolute Gasteiger partial charge is 1.00 e. The molecule has 4 aliphatic rings. The Labute approximate surface area is 559 Å². The summed E-state index contributed by atoms with van der Waals surface area (Å²) in [6, 6.07) is 55.3. The second-order valence-electron chi connectivity index (χ2n) is 26.7. The van der Waals surface area contributed by atoms with E-state index in [1.54, 1.807) is 21.2 Å². The van der Waals surface area contributed by atoms with Gasteiger partial charge in [0.15, 0.2) is 0 Å². The van der Waals surface area contributed by atoms with E-state index >= 15 is 0 Å². The Bertz CT molecular complexity index is 2630. The van der Waals surface area contributed by atoms with Gasteiger partial charge in [0.1, 0.15) is 0 Å². The van der Waals surface area contributed by atoms with Crippen LogP contribution in [0.5, 0.6) is 0 Å². The van der Waals surface area contributed by atoms with Gasteiger partial charge in [0.2, 0.25) is 0 Å². The van der Waals surface area contributed by atoms with Crippen LogP contribution in [0.2, 0.25) is 0 Å². The van der Waals surface area contributed by atoms with E-state index in [0.717, 1.165) is 46.3 Å². The summed E-state index contributed by atoms with van der Waals surface area (Å²) < 4.78 is 0. The molecule has 8 heteroatoms. The van der Waals surface area contributed by atoms with Gasteiger partial charge < -0.3 is 24.8 Å². The normalized spacial score (nSPS) is 16.6. The van der Waals surface area contributed by atoms with Crippen LogP contribution in [0, 0.1) is 23.7 Å². The largest absolute Gasteiger partial charge is 2.00 e. The van der Waals surface area contributed by atoms with E-state index in [1.807, 2.05) is 0 Å². The molecule has 0 aromatic heterocycles. The Hall–Kier alpha value is -0.951. The Morgan fingerprint density at radius 1 is 0.310 bits per heavy atom. The first kappa shape index (κ1) is 73.8. The second kappa shape index (κ2) is 38.0. The van der Waals surface area contributed by atoms with E-state index in [0.29, 0.717) is 0 Å². The van der Waals surface area contributed by atoms with Crippen LogP contribution < -0.4 is 46.0 Å². The van der Waals surface area contributed by atoms with Crippen molar-refractivity contribution in [3.63, 3.8) is 0 Å². The first-order valence-corrected chi connectivity index (χ1v) is 39.0. The van der Waals surface area contributed by atoms with Crippen molar-refractivity contribution in [2.45, 2.75) is 206 Å². The van der Waals surface area contributed by atoms with E-state index in [1.165, 1.54) is 196 Å². The van der Waals surface area contributed by atoms with Crippen LogP contribution in [-0.2, 0) is 43.4 Å². The molecule has 0 nitrogen and oxygen atoms in total. The predicted octanol–water partition coefficient (Wildman–Crippen LogP) is 16.6. The quantitative estimate of drug-likeness (QED) is 0.0514. The molecule has 4 fully saturated rings. The Balaban J connectivity index is 0.000000203. The molecule has 4 saturated carbocycles. The van der Waals surface area contributed by atoms with Crippen LogP contribution >= 0.6 is 31.7 Å². The monoisotopic (exact) mass is 1310 g/mol. The third-order valence-electron chi connectivity index (χ3n) is 18.0.